The number of anilines is 1. The van der Waals surface area contributed by atoms with Gasteiger partial charge in [0.05, 0.1) is 5.69 Å². The molecule has 0 fully saturated rings. The molecule has 2 aromatic heterocycles. The fraction of sp³-hybridized carbons (Fsp3) is 0.357. The van der Waals surface area contributed by atoms with Gasteiger partial charge in [0.15, 0.2) is 5.82 Å². The van der Waals surface area contributed by atoms with E-state index in [0.717, 1.165) is 18.5 Å². The van der Waals surface area contributed by atoms with Gasteiger partial charge in [0.1, 0.15) is 17.3 Å². The van der Waals surface area contributed by atoms with E-state index in [1.165, 1.54) is 31.0 Å². The van der Waals surface area contributed by atoms with E-state index in [1.807, 2.05) is 0 Å². The fourth-order valence-corrected chi connectivity index (χ4v) is 2.64. The third kappa shape index (κ3) is 2.07. The Hall–Kier alpha value is -2.55. The lowest BCUT2D eigenvalue weighted by molar-refractivity contribution is -0.114. The molecule has 0 saturated heterocycles. The molecule has 1 amide bonds. The maximum absolute atomic E-state index is 11.1. The first-order chi connectivity index (χ1) is 9.69. The summed E-state index contributed by atoms with van der Waals surface area (Å²) >= 11 is 0. The predicted octanol–water partition coefficient (Wildman–Crippen LogP) is 2.11. The van der Waals surface area contributed by atoms with Gasteiger partial charge < -0.3 is 10.3 Å². The van der Waals surface area contributed by atoms with Crippen LogP contribution in [0.25, 0.3) is 11.4 Å². The minimum absolute atomic E-state index is 0.245. The number of hydrogen-bond acceptors (Lipinski definition) is 3. The average Bonchev–Trinajstić information content (AvgIpc) is 3.00. The SMILES string of the molecule is CC(=O)Nc1n[nH]c(-c2cc3c([nH]2)CCCC3)c1C#N. The molecule has 1 aliphatic carbocycles. The molecule has 0 unspecified atom stereocenters. The number of aromatic nitrogens is 3. The van der Waals surface area contributed by atoms with E-state index in [2.05, 4.69) is 32.6 Å². The normalized spacial score (nSPS) is 13.6. The zero-order valence-corrected chi connectivity index (χ0v) is 11.2. The number of carbonyl (C=O) groups excluding carboxylic acids is 1. The maximum Gasteiger partial charge on any atom is 0.222 e. The Bertz CT molecular complexity index is 680. The van der Waals surface area contributed by atoms with Crippen molar-refractivity contribution < 1.29 is 4.79 Å². The van der Waals surface area contributed by atoms with Gasteiger partial charge in [-0.15, -0.1) is 0 Å². The van der Waals surface area contributed by atoms with Crippen molar-refractivity contribution in [1.82, 2.24) is 15.2 Å². The van der Waals surface area contributed by atoms with Gasteiger partial charge in [0.2, 0.25) is 5.91 Å². The summed E-state index contributed by atoms with van der Waals surface area (Å²) in [7, 11) is 0. The fourth-order valence-electron chi connectivity index (χ4n) is 2.64. The summed E-state index contributed by atoms with van der Waals surface area (Å²) in [4.78, 5) is 14.5. The van der Waals surface area contributed by atoms with Crippen LogP contribution in [0.4, 0.5) is 5.82 Å². The molecule has 0 spiro atoms. The highest BCUT2D eigenvalue weighted by Crippen LogP contribution is 2.30. The number of fused-ring (bicyclic) bond motifs is 1. The highest BCUT2D eigenvalue weighted by molar-refractivity contribution is 5.90. The second-order valence-electron chi connectivity index (χ2n) is 5.01. The van der Waals surface area contributed by atoms with Gasteiger partial charge in [0.25, 0.3) is 0 Å². The number of aryl methyl sites for hydroxylation is 2. The van der Waals surface area contributed by atoms with Crippen molar-refractivity contribution in [3.63, 3.8) is 0 Å². The second kappa shape index (κ2) is 4.85. The van der Waals surface area contributed by atoms with Gasteiger partial charge in [-0.3, -0.25) is 9.89 Å². The lowest BCUT2D eigenvalue weighted by Crippen LogP contribution is -2.07. The number of carbonyl (C=O) groups is 1. The quantitative estimate of drug-likeness (QED) is 0.778. The average molecular weight is 269 g/mol. The van der Waals surface area contributed by atoms with Crippen molar-refractivity contribution in [1.29, 1.82) is 5.26 Å². The summed E-state index contributed by atoms with van der Waals surface area (Å²) in [6, 6.07) is 4.17. The molecule has 1 aliphatic rings. The van der Waals surface area contributed by atoms with E-state index >= 15 is 0 Å². The van der Waals surface area contributed by atoms with E-state index < -0.39 is 0 Å². The van der Waals surface area contributed by atoms with Gasteiger partial charge in [-0.1, -0.05) is 0 Å². The van der Waals surface area contributed by atoms with Gasteiger partial charge in [-0.2, -0.15) is 10.4 Å². The molecule has 0 radical (unpaired) electrons. The molecule has 0 atom stereocenters. The van der Waals surface area contributed by atoms with E-state index in [4.69, 9.17) is 0 Å². The van der Waals surface area contributed by atoms with Gasteiger partial charge in [-0.25, -0.2) is 0 Å². The molecule has 0 aromatic carbocycles. The zero-order chi connectivity index (χ0) is 14.1. The molecule has 6 nitrogen and oxygen atoms in total. The molecule has 0 aliphatic heterocycles. The van der Waals surface area contributed by atoms with Crippen LogP contribution in [0.5, 0.6) is 0 Å². The smallest absolute Gasteiger partial charge is 0.222 e. The van der Waals surface area contributed by atoms with Crippen LogP contribution in [0.1, 0.15) is 36.6 Å². The van der Waals surface area contributed by atoms with Crippen LogP contribution < -0.4 is 5.32 Å². The summed E-state index contributed by atoms with van der Waals surface area (Å²) in [5.74, 6) is 0.0351. The lowest BCUT2D eigenvalue weighted by Gasteiger charge is -2.08. The minimum atomic E-state index is -0.245. The zero-order valence-electron chi connectivity index (χ0n) is 11.2. The van der Waals surface area contributed by atoms with Crippen molar-refractivity contribution >= 4 is 11.7 Å². The number of aromatic amines is 2. The highest BCUT2D eigenvalue weighted by Gasteiger charge is 2.19. The maximum atomic E-state index is 11.1. The number of rotatable bonds is 2. The van der Waals surface area contributed by atoms with Crippen LogP contribution in [0, 0.1) is 11.3 Å². The van der Waals surface area contributed by atoms with E-state index in [0.29, 0.717) is 11.3 Å². The first kappa shape index (κ1) is 12.5. The minimum Gasteiger partial charge on any atom is -0.357 e. The first-order valence-electron chi connectivity index (χ1n) is 6.66. The molecule has 0 saturated carbocycles. The Morgan fingerprint density at radius 2 is 2.25 bits per heavy atom. The van der Waals surface area contributed by atoms with Crippen molar-refractivity contribution in [2.45, 2.75) is 32.6 Å². The van der Waals surface area contributed by atoms with Crippen LogP contribution in [-0.4, -0.2) is 21.1 Å². The van der Waals surface area contributed by atoms with E-state index in [-0.39, 0.29) is 11.7 Å². The lowest BCUT2D eigenvalue weighted by atomic mass is 9.98. The van der Waals surface area contributed by atoms with E-state index in [9.17, 15) is 10.1 Å². The third-order valence-corrected chi connectivity index (χ3v) is 3.56. The number of amides is 1. The summed E-state index contributed by atoms with van der Waals surface area (Å²) in [5.41, 5.74) is 4.40. The molecule has 3 rings (SSSR count). The van der Waals surface area contributed by atoms with Crippen LogP contribution >= 0.6 is 0 Å². The number of nitrogens with one attached hydrogen (secondary N) is 3. The Kier molecular flexibility index (Phi) is 3.03. The number of nitrogens with zero attached hydrogens (tertiary/aromatic N) is 2. The molecular weight excluding hydrogens is 254 g/mol. The van der Waals surface area contributed by atoms with Crippen LogP contribution in [-0.2, 0) is 17.6 Å². The van der Waals surface area contributed by atoms with Gasteiger partial charge in [-0.05, 0) is 37.3 Å². The topological polar surface area (TPSA) is 97.4 Å². The standard InChI is InChI=1S/C14H15N5O/c1-8(20)16-14-10(7-15)13(18-19-14)12-6-9-4-2-3-5-11(9)17-12/h6,17H,2-5H2,1H3,(H2,16,18,19,20). The summed E-state index contributed by atoms with van der Waals surface area (Å²) in [6.45, 7) is 1.39. The molecule has 2 heterocycles. The van der Waals surface area contributed by atoms with Crippen molar-refractivity contribution in [2.75, 3.05) is 5.32 Å². The van der Waals surface area contributed by atoms with Crippen molar-refractivity contribution in [3.8, 4) is 17.5 Å². The van der Waals surface area contributed by atoms with Crippen molar-refractivity contribution in [3.05, 3.63) is 22.9 Å². The summed E-state index contributed by atoms with van der Waals surface area (Å²) in [5, 5.41) is 18.7. The molecule has 102 valence electrons. The number of nitriles is 1. The van der Waals surface area contributed by atoms with Crippen LogP contribution in [0.3, 0.4) is 0 Å². The highest BCUT2D eigenvalue weighted by atomic mass is 16.1. The Balaban J connectivity index is 2.02. The van der Waals surface area contributed by atoms with Crippen molar-refractivity contribution in [2.24, 2.45) is 0 Å². The summed E-state index contributed by atoms with van der Waals surface area (Å²) in [6.07, 6.45) is 4.51. The Morgan fingerprint density at radius 3 is 2.95 bits per heavy atom. The second-order valence-corrected chi connectivity index (χ2v) is 5.01. The molecule has 0 bridgehead atoms. The Labute approximate surface area is 116 Å². The molecule has 2 aromatic rings. The molecular formula is C14H15N5O. The number of H-pyrrole nitrogens is 2. The van der Waals surface area contributed by atoms with Gasteiger partial charge in [0, 0.05) is 12.6 Å². The Morgan fingerprint density at radius 1 is 1.45 bits per heavy atom. The van der Waals surface area contributed by atoms with Crippen LogP contribution in [0.15, 0.2) is 6.07 Å². The number of hydrogen-bond donors (Lipinski definition) is 3. The predicted molar refractivity (Wildman–Crippen MR) is 74.0 cm³/mol. The molecule has 20 heavy (non-hydrogen) atoms. The largest absolute Gasteiger partial charge is 0.357 e. The first-order valence-corrected chi connectivity index (χ1v) is 6.66. The van der Waals surface area contributed by atoms with Gasteiger partial charge >= 0.3 is 0 Å². The third-order valence-electron chi connectivity index (χ3n) is 3.56. The monoisotopic (exact) mass is 269 g/mol. The summed E-state index contributed by atoms with van der Waals surface area (Å²) < 4.78 is 0. The van der Waals surface area contributed by atoms with E-state index in [1.54, 1.807) is 0 Å². The molecule has 6 heteroatoms. The van der Waals surface area contributed by atoms with Crippen LogP contribution in [0.2, 0.25) is 0 Å². The molecule has 3 N–H and O–H groups in total.